The summed E-state index contributed by atoms with van der Waals surface area (Å²) in [5.74, 6) is 0.954. The van der Waals surface area contributed by atoms with E-state index in [0.717, 1.165) is 11.3 Å². The maximum absolute atomic E-state index is 10.0. The van der Waals surface area contributed by atoms with Gasteiger partial charge in [-0.3, -0.25) is 4.79 Å². The molecule has 0 aliphatic carbocycles. The van der Waals surface area contributed by atoms with Gasteiger partial charge in [-0.2, -0.15) is 11.3 Å². The van der Waals surface area contributed by atoms with E-state index in [4.69, 9.17) is 5.11 Å². The SMILES string of the molecule is CC(=O)/C=C(/C)O.CC(C)c1ccnc(-c2[c-]ccc3c2sc2c(C(C)C)cccc23)c1.[Ir]. The van der Waals surface area contributed by atoms with Gasteiger partial charge in [0.15, 0.2) is 5.78 Å². The van der Waals surface area contributed by atoms with Crippen molar-refractivity contribution in [2.24, 2.45) is 0 Å². The molecule has 0 aliphatic rings. The molecule has 5 heteroatoms. The van der Waals surface area contributed by atoms with Crippen molar-refractivity contribution in [1.82, 2.24) is 4.98 Å². The molecule has 0 saturated carbocycles. The van der Waals surface area contributed by atoms with Gasteiger partial charge in [-0.15, -0.1) is 23.8 Å². The molecule has 33 heavy (non-hydrogen) atoms. The number of nitrogens with zero attached hydrogens (tertiary/aromatic N) is 1. The Morgan fingerprint density at radius 2 is 1.73 bits per heavy atom. The minimum absolute atomic E-state index is 0. The number of thiophene rings is 1. The molecular weight excluding hydrogens is 607 g/mol. The number of allylic oxidation sites excluding steroid dienone is 2. The van der Waals surface area contributed by atoms with Crippen molar-refractivity contribution in [1.29, 1.82) is 0 Å². The molecule has 4 aromatic rings. The topological polar surface area (TPSA) is 50.2 Å². The summed E-state index contributed by atoms with van der Waals surface area (Å²) in [5, 5.41) is 11.0. The minimum Gasteiger partial charge on any atom is -0.512 e. The fourth-order valence-corrected chi connectivity index (χ4v) is 5.13. The second-order valence-electron chi connectivity index (χ2n) is 8.60. The van der Waals surface area contributed by atoms with E-state index in [2.05, 4.69) is 75.1 Å². The Kier molecular flexibility index (Phi) is 9.54. The van der Waals surface area contributed by atoms with Crippen LogP contribution >= 0.6 is 11.3 Å². The molecule has 0 bridgehead atoms. The maximum Gasteiger partial charge on any atom is 0.155 e. The molecule has 0 amide bonds. The van der Waals surface area contributed by atoms with Crippen LogP contribution in [-0.4, -0.2) is 15.9 Å². The number of aliphatic hydroxyl groups is 1. The minimum atomic E-state index is -0.125. The normalized spacial score (nSPS) is 11.5. The standard InChI is InChI=1S/C23H22NS.C5H8O2.Ir/c1-14(2)16-11-12-24-21(13-16)20-10-6-9-19-18-8-5-7-17(15(3)4)22(18)25-23(19)20;1-4(6)3-5(2)7;/h5-9,11-15H,1-4H3;3,6H,1-2H3;/q-1;;/b;4-3-;. The number of carbonyl (C=O) groups is 1. The molecule has 3 nitrogen and oxygen atoms in total. The predicted octanol–water partition coefficient (Wildman–Crippen LogP) is 8.20. The van der Waals surface area contributed by atoms with E-state index in [1.165, 1.54) is 51.2 Å². The van der Waals surface area contributed by atoms with Gasteiger partial charge in [0.25, 0.3) is 0 Å². The van der Waals surface area contributed by atoms with Gasteiger partial charge in [0, 0.05) is 37.1 Å². The van der Waals surface area contributed by atoms with Crippen molar-refractivity contribution in [2.45, 2.75) is 53.4 Å². The van der Waals surface area contributed by atoms with Crippen molar-refractivity contribution in [3.05, 3.63) is 77.7 Å². The Morgan fingerprint density at radius 3 is 2.30 bits per heavy atom. The van der Waals surface area contributed by atoms with Crippen molar-refractivity contribution in [2.75, 3.05) is 0 Å². The average Bonchev–Trinajstić information content (AvgIpc) is 3.12. The van der Waals surface area contributed by atoms with Gasteiger partial charge < -0.3 is 10.1 Å². The predicted molar refractivity (Wildman–Crippen MR) is 137 cm³/mol. The summed E-state index contributed by atoms with van der Waals surface area (Å²) >= 11 is 1.88. The number of carbonyl (C=O) groups excluding carboxylic acids is 1. The molecule has 2 heterocycles. The van der Waals surface area contributed by atoms with Crippen LogP contribution in [0, 0.1) is 6.07 Å². The van der Waals surface area contributed by atoms with Gasteiger partial charge in [0.2, 0.25) is 0 Å². The van der Waals surface area contributed by atoms with Crippen LogP contribution < -0.4 is 0 Å². The quantitative estimate of drug-likeness (QED) is 0.140. The Hall–Kier alpha value is -2.33. The third kappa shape index (κ3) is 6.38. The molecule has 175 valence electrons. The number of rotatable bonds is 4. The summed E-state index contributed by atoms with van der Waals surface area (Å²) in [6, 6.07) is 18.7. The summed E-state index contributed by atoms with van der Waals surface area (Å²) in [7, 11) is 0. The van der Waals surface area contributed by atoms with Crippen LogP contribution in [0.1, 0.15) is 64.5 Å². The van der Waals surface area contributed by atoms with Crippen LogP contribution in [0.4, 0.5) is 0 Å². The van der Waals surface area contributed by atoms with E-state index in [1.807, 2.05) is 23.6 Å². The summed E-state index contributed by atoms with van der Waals surface area (Å²) in [6.45, 7) is 11.8. The summed E-state index contributed by atoms with van der Waals surface area (Å²) in [6.07, 6.45) is 3.09. The Labute approximate surface area is 213 Å². The number of ketones is 1. The van der Waals surface area contributed by atoms with Crippen molar-refractivity contribution in [3.63, 3.8) is 0 Å². The zero-order valence-corrected chi connectivity index (χ0v) is 23.1. The van der Waals surface area contributed by atoms with Gasteiger partial charge in [-0.25, -0.2) is 0 Å². The third-order valence-electron chi connectivity index (χ3n) is 5.23. The first-order chi connectivity index (χ1) is 15.2. The number of hydrogen-bond donors (Lipinski definition) is 1. The second kappa shape index (κ2) is 11.7. The smallest absolute Gasteiger partial charge is 0.155 e. The van der Waals surface area contributed by atoms with Crippen molar-refractivity contribution < 1.29 is 30.0 Å². The largest absolute Gasteiger partial charge is 0.512 e. The molecule has 0 spiro atoms. The monoisotopic (exact) mass is 637 g/mol. The van der Waals surface area contributed by atoms with E-state index < -0.39 is 0 Å². The number of hydrogen-bond acceptors (Lipinski definition) is 4. The number of benzene rings is 2. The van der Waals surface area contributed by atoms with Crippen LogP contribution in [0.3, 0.4) is 0 Å². The van der Waals surface area contributed by atoms with Crippen LogP contribution in [0.15, 0.2) is 60.5 Å². The van der Waals surface area contributed by atoms with E-state index >= 15 is 0 Å². The van der Waals surface area contributed by atoms with Crippen molar-refractivity contribution >= 4 is 37.3 Å². The summed E-state index contributed by atoms with van der Waals surface area (Å²) in [5.41, 5.74) is 4.89. The Morgan fingerprint density at radius 1 is 1.03 bits per heavy atom. The number of pyridine rings is 1. The second-order valence-corrected chi connectivity index (χ2v) is 9.62. The number of aliphatic hydroxyl groups excluding tert-OH is 1. The number of aromatic nitrogens is 1. The molecule has 2 aromatic heterocycles. The Balaban J connectivity index is 0.000000423. The van der Waals surface area contributed by atoms with Crippen LogP contribution in [0.2, 0.25) is 0 Å². The molecule has 0 fully saturated rings. The maximum atomic E-state index is 10.0. The first kappa shape index (κ1) is 26.9. The molecule has 1 radical (unpaired) electrons. The summed E-state index contributed by atoms with van der Waals surface area (Å²) < 4.78 is 2.69. The van der Waals surface area contributed by atoms with Gasteiger partial charge in [-0.05, 0) is 53.1 Å². The van der Waals surface area contributed by atoms with Crippen molar-refractivity contribution in [3.8, 4) is 11.3 Å². The first-order valence-corrected chi connectivity index (χ1v) is 11.7. The third-order valence-corrected chi connectivity index (χ3v) is 6.52. The fraction of sp³-hybridized carbons (Fsp3) is 0.286. The van der Waals surface area contributed by atoms with Gasteiger partial charge in [-0.1, -0.05) is 62.9 Å². The number of fused-ring (bicyclic) bond motifs is 3. The van der Waals surface area contributed by atoms with E-state index in [0.29, 0.717) is 11.8 Å². The zero-order chi connectivity index (χ0) is 23.4. The van der Waals surface area contributed by atoms with E-state index in [-0.39, 0.29) is 31.6 Å². The molecular formula is C28H30IrNO2S-. The van der Waals surface area contributed by atoms with Crippen LogP contribution in [0.25, 0.3) is 31.4 Å². The zero-order valence-electron chi connectivity index (χ0n) is 19.9. The van der Waals surface area contributed by atoms with Gasteiger partial charge in [0.1, 0.15) is 0 Å². The van der Waals surface area contributed by atoms with E-state index in [1.54, 1.807) is 0 Å². The average molecular weight is 637 g/mol. The molecule has 4 rings (SSSR count). The Bertz CT molecular complexity index is 1280. The van der Waals surface area contributed by atoms with Gasteiger partial charge in [0.05, 0.1) is 5.76 Å². The molecule has 0 saturated heterocycles. The molecule has 0 atom stereocenters. The van der Waals surface area contributed by atoms with Gasteiger partial charge >= 0.3 is 0 Å². The van der Waals surface area contributed by atoms with Crippen LogP contribution in [0.5, 0.6) is 0 Å². The summed E-state index contributed by atoms with van der Waals surface area (Å²) in [4.78, 5) is 14.7. The fourth-order valence-electron chi connectivity index (χ4n) is 3.67. The molecule has 0 aliphatic heterocycles. The molecule has 2 aromatic carbocycles. The first-order valence-electron chi connectivity index (χ1n) is 10.9. The molecule has 0 unspecified atom stereocenters. The molecule has 1 N–H and O–H groups in total. The van der Waals surface area contributed by atoms with Crippen LogP contribution in [-0.2, 0) is 24.9 Å². The van der Waals surface area contributed by atoms with E-state index in [9.17, 15) is 4.79 Å².